The molecule has 3 aliphatic rings. The van der Waals surface area contributed by atoms with Crippen LogP contribution < -0.4 is 0 Å². The molecule has 2 heterocycles. The Morgan fingerprint density at radius 2 is 1.79 bits per heavy atom. The smallest absolute Gasteiger partial charge is 0.158 e. The monoisotopic (exact) mass is 464 g/mol. The van der Waals surface area contributed by atoms with Crippen LogP contribution in [0, 0.1) is 29.6 Å². The summed E-state index contributed by atoms with van der Waals surface area (Å²) in [5, 5.41) is 20.3. The molecule has 6 heteroatoms. The lowest BCUT2D eigenvalue weighted by Crippen LogP contribution is -2.32. The molecular weight excluding hydrogens is 420 g/mol. The van der Waals surface area contributed by atoms with Crippen molar-refractivity contribution >= 4 is 0 Å². The van der Waals surface area contributed by atoms with Crippen molar-refractivity contribution < 1.29 is 29.2 Å². The molecule has 1 unspecified atom stereocenters. The van der Waals surface area contributed by atoms with Gasteiger partial charge >= 0.3 is 0 Å². The van der Waals surface area contributed by atoms with E-state index in [9.17, 15) is 10.2 Å². The SMILES string of the molecule is CCC#CC[C@H](C)[C@@H](/C=C/[C@@H]1[C@H](CCO)[C@@H](O)C[C@H]1OC1CCCCO1)O[C@H]1CCCCO1. The minimum absolute atomic E-state index is 0.00461. The molecule has 2 N–H and O–H groups in total. The zero-order valence-corrected chi connectivity index (χ0v) is 20.5. The third kappa shape index (κ3) is 8.35. The Kier molecular flexibility index (Phi) is 11.7. The van der Waals surface area contributed by atoms with Crippen LogP contribution in [0.4, 0.5) is 0 Å². The second kappa shape index (κ2) is 14.5. The van der Waals surface area contributed by atoms with Crippen LogP contribution >= 0.6 is 0 Å². The largest absolute Gasteiger partial charge is 0.396 e. The van der Waals surface area contributed by atoms with Crippen LogP contribution in [-0.4, -0.2) is 60.9 Å². The molecule has 6 nitrogen and oxygen atoms in total. The molecule has 1 saturated carbocycles. The van der Waals surface area contributed by atoms with E-state index >= 15 is 0 Å². The number of hydrogen-bond donors (Lipinski definition) is 2. The number of aliphatic hydroxyl groups excluding tert-OH is 2. The highest BCUT2D eigenvalue weighted by atomic mass is 16.7. The Morgan fingerprint density at radius 3 is 2.42 bits per heavy atom. The third-order valence-electron chi connectivity index (χ3n) is 7.08. The molecular formula is C27H44O6. The second-order valence-electron chi connectivity index (χ2n) is 9.70. The van der Waals surface area contributed by atoms with Crippen LogP contribution in [0.5, 0.6) is 0 Å². The van der Waals surface area contributed by atoms with Crippen LogP contribution in [0.1, 0.15) is 78.1 Å². The van der Waals surface area contributed by atoms with E-state index in [2.05, 4.69) is 37.8 Å². The molecule has 0 aromatic rings. The van der Waals surface area contributed by atoms with Gasteiger partial charge in [-0.15, -0.1) is 11.8 Å². The van der Waals surface area contributed by atoms with Crippen LogP contribution in [0.2, 0.25) is 0 Å². The fourth-order valence-electron chi connectivity index (χ4n) is 5.14. The van der Waals surface area contributed by atoms with Gasteiger partial charge < -0.3 is 29.2 Å². The fourth-order valence-corrected chi connectivity index (χ4v) is 5.14. The van der Waals surface area contributed by atoms with E-state index in [4.69, 9.17) is 18.9 Å². The van der Waals surface area contributed by atoms with Gasteiger partial charge in [-0.1, -0.05) is 26.0 Å². The summed E-state index contributed by atoms with van der Waals surface area (Å²) in [4.78, 5) is 0. The maximum Gasteiger partial charge on any atom is 0.158 e. The zero-order valence-electron chi connectivity index (χ0n) is 20.5. The molecule has 0 amide bonds. The lowest BCUT2D eigenvalue weighted by molar-refractivity contribution is -0.193. The summed E-state index contributed by atoms with van der Waals surface area (Å²) in [6.07, 6.45) is 12.1. The van der Waals surface area contributed by atoms with Crippen LogP contribution in [0.15, 0.2) is 12.2 Å². The number of hydrogen-bond acceptors (Lipinski definition) is 6. The van der Waals surface area contributed by atoms with Gasteiger partial charge in [0.05, 0.1) is 18.3 Å². The highest BCUT2D eigenvalue weighted by Crippen LogP contribution is 2.39. The van der Waals surface area contributed by atoms with Gasteiger partial charge in [-0.2, -0.15) is 0 Å². The molecule has 2 saturated heterocycles. The van der Waals surface area contributed by atoms with Crippen molar-refractivity contribution in [3.63, 3.8) is 0 Å². The second-order valence-corrected chi connectivity index (χ2v) is 9.70. The van der Waals surface area contributed by atoms with Crippen molar-refractivity contribution in [3.05, 3.63) is 12.2 Å². The Bertz CT molecular complexity index is 628. The predicted octanol–water partition coefficient (Wildman–Crippen LogP) is 4.19. The van der Waals surface area contributed by atoms with Gasteiger partial charge in [0.2, 0.25) is 0 Å². The van der Waals surface area contributed by atoms with Crippen molar-refractivity contribution in [3.8, 4) is 11.8 Å². The summed E-state index contributed by atoms with van der Waals surface area (Å²) in [7, 11) is 0. The van der Waals surface area contributed by atoms with E-state index in [1.54, 1.807) is 0 Å². The lowest BCUT2D eigenvalue weighted by Gasteiger charge is -2.31. The highest BCUT2D eigenvalue weighted by Gasteiger charge is 2.43. The van der Waals surface area contributed by atoms with Gasteiger partial charge in [0.25, 0.3) is 0 Å². The number of ether oxygens (including phenoxy) is 4. The standard InChI is InChI=1S/C27H44O6/c1-3-4-5-10-20(2)24(32-26-11-6-8-17-30-26)14-13-22-21(15-16-28)23(29)19-25(22)33-27-12-7-9-18-31-27/h13-14,20-29H,3,6-12,15-19H2,1-2H3/b14-13+/t20-,21-,22+,23-,24+,25+,26-,27?/m0/s1. The average molecular weight is 465 g/mol. The molecule has 0 bridgehead atoms. The predicted molar refractivity (Wildman–Crippen MR) is 127 cm³/mol. The van der Waals surface area contributed by atoms with Crippen LogP contribution in [0.25, 0.3) is 0 Å². The van der Waals surface area contributed by atoms with Crippen LogP contribution in [-0.2, 0) is 18.9 Å². The summed E-state index contributed by atoms with van der Waals surface area (Å²) >= 11 is 0. The summed E-state index contributed by atoms with van der Waals surface area (Å²) in [6.45, 7) is 5.76. The van der Waals surface area contributed by atoms with E-state index in [0.717, 1.165) is 64.6 Å². The van der Waals surface area contributed by atoms with Crippen LogP contribution in [0.3, 0.4) is 0 Å². The Labute approximate surface area is 200 Å². The normalized spacial score (nSPS) is 34.7. The fraction of sp³-hybridized carbons (Fsp3) is 0.852. The first kappa shape index (κ1) is 26.7. The van der Waals surface area contributed by atoms with Crippen molar-refractivity contribution in [1.82, 2.24) is 0 Å². The van der Waals surface area contributed by atoms with Gasteiger partial charge in [0, 0.05) is 45.0 Å². The topological polar surface area (TPSA) is 77.4 Å². The molecule has 3 fully saturated rings. The van der Waals surface area contributed by atoms with Gasteiger partial charge in [0.15, 0.2) is 12.6 Å². The zero-order chi connectivity index (χ0) is 23.5. The van der Waals surface area contributed by atoms with E-state index < -0.39 is 6.10 Å². The van der Waals surface area contributed by atoms with E-state index in [0.29, 0.717) is 12.8 Å². The van der Waals surface area contributed by atoms with Gasteiger partial charge in [-0.3, -0.25) is 0 Å². The van der Waals surface area contributed by atoms with Crippen molar-refractivity contribution in [2.45, 2.75) is 109 Å². The molecule has 33 heavy (non-hydrogen) atoms. The first-order valence-corrected chi connectivity index (χ1v) is 13.1. The maximum atomic E-state index is 10.7. The molecule has 1 aliphatic carbocycles. The Balaban J connectivity index is 1.72. The maximum absolute atomic E-state index is 10.7. The minimum atomic E-state index is -0.491. The summed E-state index contributed by atoms with van der Waals surface area (Å²) in [6, 6.07) is 0. The molecule has 0 spiro atoms. The Hall–Kier alpha value is -0.940. The summed E-state index contributed by atoms with van der Waals surface area (Å²) in [5.41, 5.74) is 0. The summed E-state index contributed by atoms with van der Waals surface area (Å²) in [5.74, 6) is 6.60. The quantitative estimate of drug-likeness (QED) is 0.373. The molecule has 8 atom stereocenters. The molecule has 3 rings (SSSR count). The van der Waals surface area contributed by atoms with Crippen molar-refractivity contribution in [2.24, 2.45) is 17.8 Å². The third-order valence-corrected chi connectivity index (χ3v) is 7.08. The van der Waals surface area contributed by atoms with Gasteiger partial charge in [0.1, 0.15) is 0 Å². The van der Waals surface area contributed by atoms with E-state index in [-0.39, 0.29) is 49.1 Å². The van der Waals surface area contributed by atoms with E-state index in [1.807, 2.05) is 0 Å². The molecule has 0 aromatic heterocycles. The molecule has 2 aliphatic heterocycles. The minimum Gasteiger partial charge on any atom is -0.396 e. The molecule has 0 aromatic carbocycles. The first-order valence-electron chi connectivity index (χ1n) is 13.1. The number of rotatable bonds is 10. The average Bonchev–Trinajstić information content (AvgIpc) is 3.12. The van der Waals surface area contributed by atoms with Crippen molar-refractivity contribution in [2.75, 3.05) is 19.8 Å². The number of aliphatic hydroxyl groups is 2. The first-order chi connectivity index (χ1) is 16.1. The molecule has 0 radical (unpaired) electrons. The molecule has 188 valence electrons. The summed E-state index contributed by atoms with van der Waals surface area (Å²) < 4.78 is 24.4. The highest BCUT2D eigenvalue weighted by molar-refractivity contribution is 5.07. The van der Waals surface area contributed by atoms with Crippen molar-refractivity contribution in [1.29, 1.82) is 0 Å². The van der Waals surface area contributed by atoms with Gasteiger partial charge in [-0.25, -0.2) is 0 Å². The lowest BCUT2D eigenvalue weighted by atomic mass is 9.89. The van der Waals surface area contributed by atoms with Gasteiger partial charge in [-0.05, 0) is 56.8 Å². The Morgan fingerprint density at radius 1 is 1.06 bits per heavy atom. The van der Waals surface area contributed by atoms with E-state index in [1.165, 1.54) is 0 Å².